The van der Waals surface area contributed by atoms with E-state index in [9.17, 15) is 0 Å². The highest BCUT2D eigenvalue weighted by atomic mass is 79.9. The number of fused-ring (bicyclic) bond motifs is 1. The van der Waals surface area contributed by atoms with Crippen LogP contribution in [-0.2, 0) is 0 Å². The summed E-state index contributed by atoms with van der Waals surface area (Å²) in [4.78, 5) is 8.64. The van der Waals surface area contributed by atoms with Crippen LogP contribution in [0.5, 0.6) is 0 Å². The fourth-order valence-electron chi connectivity index (χ4n) is 2.18. The molecule has 0 saturated carbocycles. The average Bonchev–Trinajstić information content (AvgIpc) is 2.47. The van der Waals surface area contributed by atoms with E-state index in [1.54, 1.807) is 6.33 Å². The maximum Gasteiger partial charge on any atom is 0.137 e. The van der Waals surface area contributed by atoms with Crippen molar-refractivity contribution in [3.63, 3.8) is 0 Å². The third-order valence-electron chi connectivity index (χ3n) is 3.24. The van der Waals surface area contributed by atoms with Gasteiger partial charge in [0.05, 0.1) is 11.6 Å². The molecule has 20 heavy (non-hydrogen) atoms. The molecule has 3 aromatic rings. The Morgan fingerprint density at radius 3 is 2.75 bits per heavy atom. The molecule has 1 aromatic heterocycles. The molecule has 0 radical (unpaired) electrons. The Labute approximate surface area is 126 Å². The van der Waals surface area contributed by atoms with Gasteiger partial charge in [0, 0.05) is 9.86 Å². The van der Waals surface area contributed by atoms with E-state index in [0.717, 1.165) is 21.2 Å². The molecule has 4 heteroatoms. The van der Waals surface area contributed by atoms with Crippen LogP contribution in [0.1, 0.15) is 18.5 Å². The molecule has 0 bridgehead atoms. The van der Waals surface area contributed by atoms with Gasteiger partial charge in [-0.15, -0.1) is 0 Å². The van der Waals surface area contributed by atoms with Crippen molar-refractivity contribution >= 4 is 32.7 Å². The molecule has 100 valence electrons. The Morgan fingerprint density at radius 2 is 1.90 bits per heavy atom. The number of para-hydroxylation sites is 1. The maximum absolute atomic E-state index is 4.36. The molecule has 1 unspecified atom stereocenters. The minimum absolute atomic E-state index is 0.172. The van der Waals surface area contributed by atoms with Gasteiger partial charge in [-0.25, -0.2) is 9.97 Å². The van der Waals surface area contributed by atoms with Crippen LogP contribution in [0.15, 0.2) is 59.3 Å². The second kappa shape index (κ2) is 5.59. The fraction of sp³-hybridized carbons (Fsp3) is 0.125. The zero-order valence-corrected chi connectivity index (χ0v) is 12.6. The van der Waals surface area contributed by atoms with Gasteiger partial charge in [-0.3, -0.25) is 0 Å². The lowest BCUT2D eigenvalue weighted by molar-refractivity contribution is 0.875. The van der Waals surface area contributed by atoms with Crippen molar-refractivity contribution in [1.29, 1.82) is 0 Å². The summed E-state index contributed by atoms with van der Waals surface area (Å²) < 4.78 is 1.08. The second-order valence-corrected chi connectivity index (χ2v) is 5.58. The number of anilines is 1. The van der Waals surface area contributed by atoms with Gasteiger partial charge in [-0.2, -0.15) is 0 Å². The van der Waals surface area contributed by atoms with E-state index in [1.165, 1.54) is 5.56 Å². The molecule has 0 aliphatic carbocycles. The molecule has 0 aliphatic heterocycles. The van der Waals surface area contributed by atoms with Crippen molar-refractivity contribution in [2.45, 2.75) is 13.0 Å². The molecule has 0 saturated heterocycles. The Morgan fingerprint density at radius 1 is 1.05 bits per heavy atom. The first-order valence-electron chi connectivity index (χ1n) is 6.46. The van der Waals surface area contributed by atoms with Crippen molar-refractivity contribution in [3.05, 3.63) is 64.9 Å². The number of hydrogen-bond donors (Lipinski definition) is 1. The predicted molar refractivity (Wildman–Crippen MR) is 85.7 cm³/mol. The molecule has 2 aromatic carbocycles. The molecule has 0 fully saturated rings. The number of hydrogen-bond acceptors (Lipinski definition) is 3. The van der Waals surface area contributed by atoms with Gasteiger partial charge in [-0.1, -0.05) is 40.2 Å². The number of benzene rings is 2. The summed E-state index contributed by atoms with van der Waals surface area (Å²) in [6.07, 6.45) is 1.60. The van der Waals surface area contributed by atoms with Crippen LogP contribution in [0.3, 0.4) is 0 Å². The summed E-state index contributed by atoms with van der Waals surface area (Å²) >= 11 is 3.50. The summed E-state index contributed by atoms with van der Waals surface area (Å²) in [5.41, 5.74) is 2.16. The summed E-state index contributed by atoms with van der Waals surface area (Å²) in [6, 6.07) is 16.5. The van der Waals surface area contributed by atoms with Crippen molar-refractivity contribution in [2.24, 2.45) is 0 Å². The Hall–Kier alpha value is -1.94. The van der Waals surface area contributed by atoms with Gasteiger partial charge in [0.1, 0.15) is 12.1 Å². The van der Waals surface area contributed by atoms with Crippen LogP contribution >= 0.6 is 15.9 Å². The number of nitrogens with zero attached hydrogens (tertiary/aromatic N) is 2. The Bertz CT molecular complexity index is 737. The molecule has 3 nitrogen and oxygen atoms in total. The standard InChI is InChI=1S/C16H14BrN3/c1-11(12-5-4-6-13(17)9-12)20-16-14-7-2-3-8-15(14)18-10-19-16/h2-11H,1H3,(H,18,19,20). The van der Waals surface area contributed by atoms with E-state index < -0.39 is 0 Å². The van der Waals surface area contributed by atoms with Crippen LogP contribution in [0.2, 0.25) is 0 Å². The molecule has 0 amide bonds. The third-order valence-corrected chi connectivity index (χ3v) is 3.74. The lowest BCUT2D eigenvalue weighted by Gasteiger charge is -2.16. The molecule has 0 spiro atoms. The molecule has 3 rings (SSSR count). The Balaban J connectivity index is 1.93. The van der Waals surface area contributed by atoms with Gasteiger partial charge >= 0.3 is 0 Å². The van der Waals surface area contributed by atoms with Crippen molar-refractivity contribution in [1.82, 2.24) is 9.97 Å². The molecule has 1 atom stereocenters. The molecular weight excluding hydrogens is 314 g/mol. The first-order chi connectivity index (χ1) is 9.74. The van der Waals surface area contributed by atoms with Crippen LogP contribution < -0.4 is 5.32 Å². The molecule has 1 heterocycles. The van der Waals surface area contributed by atoms with Crippen LogP contribution in [-0.4, -0.2) is 9.97 Å². The monoisotopic (exact) mass is 327 g/mol. The minimum Gasteiger partial charge on any atom is -0.363 e. The zero-order chi connectivity index (χ0) is 13.9. The topological polar surface area (TPSA) is 37.8 Å². The first-order valence-corrected chi connectivity index (χ1v) is 7.25. The SMILES string of the molecule is CC(Nc1ncnc2ccccc12)c1cccc(Br)c1. The van der Waals surface area contributed by atoms with E-state index in [1.807, 2.05) is 36.4 Å². The second-order valence-electron chi connectivity index (χ2n) is 4.66. The molecular formula is C16H14BrN3. The third kappa shape index (κ3) is 2.65. The van der Waals surface area contributed by atoms with E-state index >= 15 is 0 Å². The quantitative estimate of drug-likeness (QED) is 0.765. The fourth-order valence-corrected chi connectivity index (χ4v) is 2.60. The van der Waals surface area contributed by atoms with Crippen LogP contribution in [0.4, 0.5) is 5.82 Å². The largest absolute Gasteiger partial charge is 0.363 e. The average molecular weight is 328 g/mol. The zero-order valence-electron chi connectivity index (χ0n) is 11.0. The minimum atomic E-state index is 0.172. The number of halogens is 1. The highest BCUT2D eigenvalue weighted by Crippen LogP contribution is 2.25. The van der Waals surface area contributed by atoms with E-state index in [0.29, 0.717) is 0 Å². The predicted octanol–water partition coefficient (Wildman–Crippen LogP) is 4.57. The van der Waals surface area contributed by atoms with Crippen molar-refractivity contribution in [3.8, 4) is 0 Å². The lowest BCUT2D eigenvalue weighted by atomic mass is 10.1. The summed E-state index contributed by atoms with van der Waals surface area (Å²) in [7, 11) is 0. The van der Waals surface area contributed by atoms with Gasteiger partial charge in [0.15, 0.2) is 0 Å². The molecule has 1 N–H and O–H groups in total. The highest BCUT2D eigenvalue weighted by molar-refractivity contribution is 9.10. The smallest absolute Gasteiger partial charge is 0.137 e. The van der Waals surface area contributed by atoms with Crippen molar-refractivity contribution in [2.75, 3.05) is 5.32 Å². The van der Waals surface area contributed by atoms with Crippen LogP contribution in [0.25, 0.3) is 10.9 Å². The maximum atomic E-state index is 4.36. The summed E-state index contributed by atoms with van der Waals surface area (Å²) in [6.45, 7) is 2.12. The first kappa shape index (κ1) is 13.1. The number of nitrogens with one attached hydrogen (secondary N) is 1. The highest BCUT2D eigenvalue weighted by Gasteiger charge is 2.09. The van der Waals surface area contributed by atoms with Gasteiger partial charge < -0.3 is 5.32 Å². The Kier molecular flexibility index (Phi) is 3.65. The van der Waals surface area contributed by atoms with Crippen molar-refractivity contribution < 1.29 is 0 Å². The summed E-state index contributed by atoms with van der Waals surface area (Å²) in [5, 5.41) is 4.50. The van der Waals surface area contributed by atoms with E-state index in [2.05, 4.69) is 50.3 Å². The van der Waals surface area contributed by atoms with Gasteiger partial charge in [0.25, 0.3) is 0 Å². The number of rotatable bonds is 3. The van der Waals surface area contributed by atoms with Gasteiger partial charge in [0.2, 0.25) is 0 Å². The van der Waals surface area contributed by atoms with Gasteiger partial charge in [-0.05, 0) is 36.8 Å². The molecule has 0 aliphatic rings. The summed E-state index contributed by atoms with van der Waals surface area (Å²) in [5.74, 6) is 0.864. The van der Waals surface area contributed by atoms with E-state index in [-0.39, 0.29) is 6.04 Å². The van der Waals surface area contributed by atoms with E-state index in [4.69, 9.17) is 0 Å². The lowest BCUT2D eigenvalue weighted by Crippen LogP contribution is -2.08. The number of aromatic nitrogens is 2. The normalized spacial score (nSPS) is 12.3. The van der Waals surface area contributed by atoms with Crippen LogP contribution in [0, 0.1) is 0 Å².